The number of aromatic nitrogens is 1. The van der Waals surface area contributed by atoms with Crippen molar-refractivity contribution in [2.75, 3.05) is 19.8 Å². The van der Waals surface area contributed by atoms with Crippen LogP contribution in [0.5, 0.6) is 0 Å². The highest BCUT2D eigenvalue weighted by molar-refractivity contribution is 5.37. The number of nitrogens with zero attached hydrogens (tertiary/aromatic N) is 1. The van der Waals surface area contributed by atoms with Gasteiger partial charge in [0.15, 0.2) is 0 Å². The van der Waals surface area contributed by atoms with Crippen molar-refractivity contribution in [1.82, 2.24) is 5.16 Å². The molecule has 1 aliphatic rings. The third-order valence-corrected chi connectivity index (χ3v) is 3.18. The van der Waals surface area contributed by atoms with Crippen LogP contribution in [-0.2, 0) is 15.9 Å². The van der Waals surface area contributed by atoms with E-state index in [0.717, 1.165) is 42.9 Å². The molecule has 0 N–H and O–H groups in total. The number of hydrogen-bond acceptors (Lipinski definition) is 4. The molecule has 0 spiro atoms. The highest BCUT2D eigenvalue weighted by atomic mass is 16.5. The smallest absolute Gasteiger partial charge is 0.133 e. The molecule has 1 aromatic heterocycles. The summed E-state index contributed by atoms with van der Waals surface area (Å²) >= 11 is 0. The molecular weight excluding hydrogens is 278 g/mol. The van der Waals surface area contributed by atoms with Crippen molar-refractivity contribution >= 4 is 0 Å². The average molecular weight is 303 g/mol. The maximum atomic E-state index is 5.74. The summed E-state index contributed by atoms with van der Waals surface area (Å²) in [5, 5.41) is 3.96. The lowest BCUT2D eigenvalue weighted by atomic mass is 10.2. The Hall–Kier alpha value is -1.81. The second kappa shape index (κ2) is 9.26. The topological polar surface area (TPSA) is 44.5 Å². The van der Waals surface area contributed by atoms with Crippen LogP contribution in [-0.4, -0.2) is 25.0 Å². The first-order valence-electron chi connectivity index (χ1n) is 7.98. The van der Waals surface area contributed by atoms with E-state index in [9.17, 15) is 0 Å². The van der Waals surface area contributed by atoms with Crippen LogP contribution < -0.4 is 0 Å². The second-order valence-electron chi connectivity index (χ2n) is 5.33. The van der Waals surface area contributed by atoms with E-state index in [1.54, 1.807) is 0 Å². The van der Waals surface area contributed by atoms with Crippen molar-refractivity contribution in [2.45, 2.75) is 39.5 Å². The lowest BCUT2D eigenvalue weighted by Crippen LogP contribution is -2.05. The van der Waals surface area contributed by atoms with Crippen molar-refractivity contribution in [3.05, 3.63) is 53.2 Å². The zero-order valence-electron chi connectivity index (χ0n) is 13.5. The highest BCUT2D eigenvalue weighted by Crippen LogP contribution is 2.22. The molecular formula is C18H25NO3. The Bertz CT molecular complexity index is 540. The minimum atomic E-state index is 0.580. The summed E-state index contributed by atoms with van der Waals surface area (Å²) in [5.74, 6) is 1.78. The lowest BCUT2D eigenvalue weighted by Gasteiger charge is -2.07. The second-order valence-corrected chi connectivity index (χ2v) is 5.33. The highest BCUT2D eigenvalue weighted by Gasteiger charge is 2.05. The summed E-state index contributed by atoms with van der Waals surface area (Å²) in [6.45, 7) is 5.92. The minimum absolute atomic E-state index is 0.580. The Morgan fingerprint density at radius 3 is 2.91 bits per heavy atom. The molecule has 0 unspecified atom stereocenters. The molecule has 0 amide bonds. The van der Waals surface area contributed by atoms with Gasteiger partial charge in [-0.05, 0) is 50.3 Å². The van der Waals surface area contributed by atoms with Gasteiger partial charge in [0.1, 0.15) is 18.1 Å². The maximum Gasteiger partial charge on any atom is 0.133 e. The Kier molecular flexibility index (Phi) is 6.97. The minimum Gasteiger partial charge on any atom is -0.491 e. The SMILES string of the molecule is CC/C=C\C(=C/C1=CC1)OCCOCCCc1cc(C)on1. The molecule has 1 heterocycles. The summed E-state index contributed by atoms with van der Waals surface area (Å²) in [6.07, 6.45) is 12.3. The first kappa shape index (κ1) is 16.6. The first-order valence-corrected chi connectivity index (χ1v) is 7.98. The van der Waals surface area contributed by atoms with Gasteiger partial charge in [-0.1, -0.05) is 24.2 Å². The van der Waals surface area contributed by atoms with Crippen molar-refractivity contribution in [1.29, 1.82) is 0 Å². The molecule has 4 heteroatoms. The van der Waals surface area contributed by atoms with Gasteiger partial charge in [-0.25, -0.2) is 0 Å². The monoisotopic (exact) mass is 303 g/mol. The van der Waals surface area contributed by atoms with Gasteiger partial charge in [0.25, 0.3) is 0 Å². The molecule has 0 saturated heterocycles. The van der Waals surface area contributed by atoms with Crippen molar-refractivity contribution in [2.24, 2.45) is 0 Å². The summed E-state index contributed by atoms with van der Waals surface area (Å²) < 4.78 is 16.4. The van der Waals surface area contributed by atoms with Gasteiger partial charge in [-0.2, -0.15) is 0 Å². The predicted molar refractivity (Wildman–Crippen MR) is 86.5 cm³/mol. The van der Waals surface area contributed by atoms with Crippen LogP contribution in [0, 0.1) is 6.92 Å². The average Bonchev–Trinajstić information content (AvgIpc) is 3.23. The zero-order valence-corrected chi connectivity index (χ0v) is 13.5. The molecule has 0 atom stereocenters. The molecule has 0 fully saturated rings. The molecule has 0 aliphatic heterocycles. The quantitative estimate of drug-likeness (QED) is 0.350. The van der Waals surface area contributed by atoms with Gasteiger partial charge >= 0.3 is 0 Å². The fourth-order valence-electron chi connectivity index (χ4n) is 1.94. The van der Waals surface area contributed by atoms with Crippen molar-refractivity contribution < 1.29 is 14.0 Å². The van der Waals surface area contributed by atoms with Crippen LogP contribution in [0.2, 0.25) is 0 Å². The third-order valence-electron chi connectivity index (χ3n) is 3.18. The standard InChI is InChI=1S/C18H25NO3/c1-3-4-7-18(14-16-8-9-16)21-12-11-20-10-5-6-17-13-15(2)22-19-17/h4,7-8,13-14H,3,5-6,9-12H2,1-2H3/b7-4-,18-14+. The molecule has 2 rings (SSSR count). The predicted octanol–water partition coefficient (Wildman–Crippen LogP) is 4.13. The maximum absolute atomic E-state index is 5.74. The molecule has 120 valence electrons. The molecule has 1 aliphatic carbocycles. The van der Waals surface area contributed by atoms with E-state index in [1.807, 2.05) is 19.1 Å². The van der Waals surface area contributed by atoms with Crippen LogP contribution >= 0.6 is 0 Å². The van der Waals surface area contributed by atoms with Gasteiger partial charge in [-0.15, -0.1) is 0 Å². The summed E-state index contributed by atoms with van der Waals surface area (Å²) in [7, 11) is 0. The van der Waals surface area contributed by atoms with E-state index in [0.29, 0.717) is 19.8 Å². The molecule has 1 aromatic rings. The Labute approximate surface area is 132 Å². The van der Waals surface area contributed by atoms with Gasteiger partial charge in [0.05, 0.1) is 12.3 Å². The molecule has 0 bridgehead atoms. The fourth-order valence-corrected chi connectivity index (χ4v) is 1.94. The van der Waals surface area contributed by atoms with Crippen molar-refractivity contribution in [3.8, 4) is 0 Å². The van der Waals surface area contributed by atoms with E-state index in [2.05, 4.69) is 30.3 Å². The van der Waals surface area contributed by atoms with E-state index >= 15 is 0 Å². The third kappa shape index (κ3) is 6.76. The van der Waals surface area contributed by atoms with Gasteiger partial charge < -0.3 is 14.0 Å². The van der Waals surface area contributed by atoms with Crippen molar-refractivity contribution in [3.63, 3.8) is 0 Å². The van der Waals surface area contributed by atoms with E-state index in [-0.39, 0.29) is 0 Å². The van der Waals surface area contributed by atoms with E-state index in [4.69, 9.17) is 14.0 Å². The number of allylic oxidation sites excluding steroid dienone is 5. The van der Waals surface area contributed by atoms with Gasteiger partial charge in [0.2, 0.25) is 0 Å². The Balaban J connectivity index is 1.54. The Morgan fingerprint density at radius 2 is 2.23 bits per heavy atom. The van der Waals surface area contributed by atoms with Crippen LogP contribution in [0.3, 0.4) is 0 Å². The van der Waals surface area contributed by atoms with Crippen LogP contribution in [0.4, 0.5) is 0 Å². The number of aryl methyl sites for hydroxylation is 2. The number of hydrogen-bond donors (Lipinski definition) is 0. The number of rotatable bonds is 11. The van der Waals surface area contributed by atoms with E-state index in [1.165, 1.54) is 5.57 Å². The summed E-state index contributed by atoms with van der Waals surface area (Å²) in [6, 6.07) is 1.97. The molecule has 0 aromatic carbocycles. The van der Waals surface area contributed by atoms with Crippen LogP contribution in [0.1, 0.15) is 37.6 Å². The normalized spacial score (nSPS) is 14.5. The summed E-state index contributed by atoms with van der Waals surface area (Å²) in [4.78, 5) is 0. The molecule has 4 nitrogen and oxygen atoms in total. The molecule has 22 heavy (non-hydrogen) atoms. The van der Waals surface area contributed by atoms with E-state index < -0.39 is 0 Å². The summed E-state index contributed by atoms with van der Waals surface area (Å²) in [5.41, 5.74) is 2.34. The van der Waals surface area contributed by atoms with Gasteiger partial charge in [-0.3, -0.25) is 0 Å². The number of ether oxygens (including phenoxy) is 2. The first-order chi connectivity index (χ1) is 10.8. The van der Waals surface area contributed by atoms with Crippen LogP contribution in [0.15, 0.2) is 46.2 Å². The van der Waals surface area contributed by atoms with Crippen LogP contribution in [0.25, 0.3) is 0 Å². The zero-order chi connectivity index (χ0) is 15.6. The lowest BCUT2D eigenvalue weighted by molar-refractivity contribution is 0.0774. The molecule has 0 radical (unpaired) electrons. The van der Waals surface area contributed by atoms with Gasteiger partial charge in [0, 0.05) is 12.7 Å². The Morgan fingerprint density at radius 1 is 1.36 bits per heavy atom. The largest absolute Gasteiger partial charge is 0.491 e. The fraction of sp³-hybridized carbons (Fsp3) is 0.500. The molecule has 0 saturated carbocycles.